The van der Waals surface area contributed by atoms with E-state index in [2.05, 4.69) is 9.98 Å². The Kier molecular flexibility index (Phi) is 6.10. The molecule has 174 valence electrons. The second-order valence-corrected chi connectivity index (χ2v) is 9.30. The molecule has 0 spiro atoms. The molecule has 2 heterocycles. The molecule has 2 aliphatic rings. The number of amides is 1. The lowest BCUT2D eigenvalue weighted by atomic mass is 9.80. The van der Waals surface area contributed by atoms with E-state index in [9.17, 15) is 4.79 Å². The van der Waals surface area contributed by atoms with E-state index in [0.29, 0.717) is 21.7 Å². The fourth-order valence-corrected chi connectivity index (χ4v) is 5.26. The number of carbonyl (C=O) groups is 1. The summed E-state index contributed by atoms with van der Waals surface area (Å²) >= 11 is 12.6. The first-order chi connectivity index (χ1) is 15.7. The van der Waals surface area contributed by atoms with Gasteiger partial charge in [-0.3, -0.25) is 9.69 Å². The number of hydrogen-bond donors (Lipinski definition) is 1. The molecule has 0 bridgehead atoms. The van der Waals surface area contributed by atoms with Gasteiger partial charge in [-0.25, -0.2) is 9.89 Å². The normalized spacial score (nSPS) is 18.1. The highest BCUT2D eigenvalue weighted by molar-refractivity contribution is 6.36. The van der Waals surface area contributed by atoms with Crippen molar-refractivity contribution in [3.8, 4) is 0 Å². The molecule has 5 rings (SSSR count). The van der Waals surface area contributed by atoms with Crippen molar-refractivity contribution >= 4 is 59.1 Å². The highest BCUT2D eigenvalue weighted by atomic mass is 35.5. The predicted molar refractivity (Wildman–Crippen MR) is 140 cm³/mol. The van der Waals surface area contributed by atoms with Crippen LogP contribution in [0.5, 0.6) is 0 Å². The minimum absolute atomic E-state index is 0. The summed E-state index contributed by atoms with van der Waals surface area (Å²) < 4.78 is 0. The topological polar surface area (TPSA) is 74.3 Å². The highest BCUT2D eigenvalue weighted by Gasteiger charge is 2.63. The number of nitrogens with two attached hydrogens (primary N) is 1. The lowest BCUT2D eigenvalue weighted by molar-refractivity contribution is -0.125. The van der Waals surface area contributed by atoms with Crippen molar-refractivity contribution in [2.75, 3.05) is 4.90 Å². The minimum Gasteiger partial charge on any atom is -0.368 e. The molecule has 2 N–H and O–H groups in total. The maximum absolute atomic E-state index is 14.6. The second-order valence-electron chi connectivity index (χ2n) is 8.42. The van der Waals surface area contributed by atoms with E-state index in [-0.39, 0.29) is 24.3 Å². The van der Waals surface area contributed by atoms with Gasteiger partial charge in [0.05, 0.1) is 5.69 Å². The van der Waals surface area contributed by atoms with Crippen molar-refractivity contribution in [1.82, 2.24) is 4.90 Å². The van der Waals surface area contributed by atoms with Crippen LogP contribution in [-0.4, -0.2) is 28.4 Å². The van der Waals surface area contributed by atoms with Gasteiger partial charge in [-0.2, -0.15) is 4.99 Å². The molecule has 0 radical (unpaired) electrons. The van der Waals surface area contributed by atoms with Crippen LogP contribution in [0.15, 0.2) is 88.8 Å². The Hall–Kier alpha value is -3.06. The third-order valence-electron chi connectivity index (χ3n) is 5.89. The van der Waals surface area contributed by atoms with Crippen molar-refractivity contribution < 1.29 is 4.79 Å². The lowest BCUT2D eigenvalue weighted by Crippen LogP contribution is -2.58. The van der Waals surface area contributed by atoms with Gasteiger partial charge in [0.25, 0.3) is 5.91 Å². The van der Waals surface area contributed by atoms with Crippen LogP contribution in [-0.2, 0) is 10.3 Å². The summed E-state index contributed by atoms with van der Waals surface area (Å²) in [5.74, 6) is 0.229. The Balaban J connectivity index is 0.00000274. The summed E-state index contributed by atoms with van der Waals surface area (Å²) in [4.78, 5) is 27.2. The molecule has 0 aromatic heterocycles. The second kappa shape index (κ2) is 8.62. The number of halogens is 3. The maximum atomic E-state index is 14.6. The molecule has 1 saturated heterocycles. The average Bonchev–Trinajstić information content (AvgIpc) is 3.03. The van der Waals surface area contributed by atoms with Crippen molar-refractivity contribution in [2.24, 2.45) is 15.7 Å². The largest absolute Gasteiger partial charge is 0.368 e. The predicted octanol–water partition coefficient (Wildman–Crippen LogP) is 5.43. The maximum Gasteiger partial charge on any atom is 0.269 e. The Morgan fingerprint density at radius 1 is 0.853 bits per heavy atom. The van der Waals surface area contributed by atoms with Crippen LogP contribution in [0.25, 0.3) is 0 Å². The van der Waals surface area contributed by atoms with Crippen molar-refractivity contribution in [1.29, 1.82) is 0 Å². The van der Waals surface area contributed by atoms with Gasteiger partial charge >= 0.3 is 0 Å². The molecular weight excluding hydrogens is 493 g/mol. The van der Waals surface area contributed by atoms with E-state index < -0.39 is 11.2 Å². The van der Waals surface area contributed by atoms with E-state index in [4.69, 9.17) is 28.9 Å². The number of benzene rings is 3. The number of nitrogens with zero attached hydrogens (tertiary/aromatic N) is 4. The fourth-order valence-electron chi connectivity index (χ4n) is 4.74. The first kappa shape index (κ1) is 24.1. The van der Waals surface area contributed by atoms with Crippen molar-refractivity contribution in [3.63, 3.8) is 0 Å². The van der Waals surface area contributed by atoms with Crippen LogP contribution < -0.4 is 10.6 Å². The molecule has 0 unspecified atom stereocenters. The highest BCUT2D eigenvalue weighted by Crippen LogP contribution is 2.49. The Labute approximate surface area is 214 Å². The average molecular weight is 515 g/mol. The smallest absolute Gasteiger partial charge is 0.269 e. The zero-order valence-corrected chi connectivity index (χ0v) is 20.8. The standard InChI is InChI=1S/C25H21Cl2N5O.ClH/c1-24(2)30-22(28)29-23-31(20-14-18(26)13-19(27)15-20)21(33)25(32(23)24,16-9-5-3-6-10-16)17-11-7-4-8-12-17;/h3-15H,1-2H3,(H2,28,30);1H. The number of guanidine groups is 2. The Morgan fingerprint density at radius 3 is 1.85 bits per heavy atom. The van der Waals surface area contributed by atoms with Crippen molar-refractivity contribution in [3.05, 3.63) is 100 Å². The molecule has 3 aromatic rings. The van der Waals surface area contributed by atoms with Crippen LogP contribution in [0.2, 0.25) is 10.0 Å². The molecule has 0 atom stereocenters. The molecule has 0 saturated carbocycles. The fraction of sp³-hybridized carbons (Fsp3) is 0.160. The molecule has 9 heteroatoms. The van der Waals surface area contributed by atoms with Gasteiger partial charge in [0, 0.05) is 10.0 Å². The van der Waals surface area contributed by atoms with E-state index in [1.54, 1.807) is 18.2 Å². The summed E-state index contributed by atoms with van der Waals surface area (Å²) in [5, 5.41) is 0.817. The van der Waals surface area contributed by atoms with Crippen LogP contribution >= 0.6 is 35.6 Å². The third kappa shape index (κ3) is 3.54. The van der Waals surface area contributed by atoms with Crippen molar-refractivity contribution in [2.45, 2.75) is 25.0 Å². The van der Waals surface area contributed by atoms with Gasteiger partial charge in [-0.05, 0) is 43.2 Å². The van der Waals surface area contributed by atoms with Gasteiger partial charge in [0.1, 0.15) is 5.66 Å². The molecule has 3 aromatic carbocycles. The molecule has 2 aliphatic heterocycles. The number of carbonyl (C=O) groups excluding carboxylic acids is 1. The van der Waals surface area contributed by atoms with Gasteiger partial charge in [0.2, 0.25) is 11.9 Å². The summed E-state index contributed by atoms with van der Waals surface area (Å²) in [6.07, 6.45) is 0. The number of hydrogen-bond acceptors (Lipinski definition) is 5. The monoisotopic (exact) mass is 513 g/mol. The molecule has 1 amide bonds. The SMILES string of the molecule is CC1(C)N=C(N)N=C2N(c3cc(Cl)cc(Cl)c3)C(=O)C(c3ccccc3)(c3ccccc3)N21.Cl. The summed E-state index contributed by atoms with van der Waals surface area (Å²) in [7, 11) is 0. The van der Waals surface area contributed by atoms with E-state index in [1.807, 2.05) is 79.4 Å². The van der Waals surface area contributed by atoms with E-state index >= 15 is 0 Å². The zero-order valence-electron chi connectivity index (χ0n) is 18.4. The summed E-state index contributed by atoms with van der Waals surface area (Å²) in [5.41, 5.74) is 6.06. The Bertz CT molecular complexity index is 1250. The van der Waals surface area contributed by atoms with Gasteiger partial charge in [-0.1, -0.05) is 83.9 Å². The molecular formula is C25H22Cl3N5O. The number of anilines is 1. The molecule has 34 heavy (non-hydrogen) atoms. The minimum atomic E-state index is -1.25. The van der Waals surface area contributed by atoms with Gasteiger partial charge in [0.15, 0.2) is 5.54 Å². The zero-order chi connectivity index (χ0) is 23.4. The van der Waals surface area contributed by atoms with Crippen LogP contribution in [0.4, 0.5) is 5.69 Å². The molecule has 1 fully saturated rings. The number of rotatable bonds is 3. The van der Waals surface area contributed by atoms with Crippen LogP contribution in [0, 0.1) is 0 Å². The van der Waals surface area contributed by atoms with E-state index in [1.165, 1.54) is 4.90 Å². The van der Waals surface area contributed by atoms with E-state index in [0.717, 1.165) is 11.1 Å². The first-order valence-corrected chi connectivity index (χ1v) is 11.2. The Morgan fingerprint density at radius 2 is 1.35 bits per heavy atom. The summed E-state index contributed by atoms with van der Waals surface area (Å²) in [6.45, 7) is 3.83. The number of fused-ring (bicyclic) bond motifs is 1. The summed E-state index contributed by atoms with van der Waals surface area (Å²) in [6, 6.07) is 24.2. The van der Waals surface area contributed by atoms with Gasteiger partial charge < -0.3 is 5.73 Å². The lowest BCUT2D eigenvalue weighted by Gasteiger charge is -2.46. The first-order valence-electron chi connectivity index (χ1n) is 10.4. The van der Waals surface area contributed by atoms with Crippen LogP contribution in [0.1, 0.15) is 25.0 Å². The van der Waals surface area contributed by atoms with Gasteiger partial charge in [-0.15, -0.1) is 12.4 Å². The quantitative estimate of drug-likeness (QED) is 0.506. The number of aliphatic imine (C=N–C) groups is 2. The third-order valence-corrected chi connectivity index (χ3v) is 6.32. The molecule has 6 nitrogen and oxygen atoms in total. The molecule has 0 aliphatic carbocycles. The van der Waals surface area contributed by atoms with Crippen LogP contribution in [0.3, 0.4) is 0 Å².